The zero-order valence-electron chi connectivity index (χ0n) is 4.99. The molecule has 4 heteroatoms. The van der Waals surface area contributed by atoms with Crippen LogP contribution in [-0.4, -0.2) is 11.9 Å². The lowest BCUT2D eigenvalue weighted by atomic mass is 10.2. The number of halogens is 2. The Labute approximate surface area is 51.5 Å². The molecule has 0 amide bonds. The predicted molar refractivity (Wildman–Crippen MR) is 24.9 cm³/mol. The maximum atomic E-state index is 11.9. The number of hydrogen-bond donors (Lipinski definition) is 0. The Morgan fingerprint density at radius 3 is 2.22 bits per heavy atom. The number of aliphatic carboxylic acids is 1. The van der Waals surface area contributed by atoms with Gasteiger partial charge in [-0.2, -0.15) is 0 Å². The molecule has 0 aliphatic heterocycles. The van der Waals surface area contributed by atoms with E-state index in [1.807, 2.05) is 0 Å². The highest BCUT2D eigenvalue weighted by molar-refractivity contribution is 5.72. The zero-order valence-corrected chi connectivity index (χ0v) is 4.99. The number of alkyl halides is 2. The van der Waals surface area contributed by atoms with Crippen LogP contribution in [-0.2, 0) is 4.79 Å². The average molecular weight is 137 g/mol. The standard InChI is InChI=1S/C5H8F2O2/c1-2-3-5(6,7)4(8)9/h2-3H2,1H3,(H,8,9)/p-1. The quantitative estimate of drug-likeness (QED) is 0.556. The highest BCUT2D eigenvalue weighted by Crippen LogP contribution is 2.18. The molecule has 0 heterocycles. The summed E-state index contributed by atoms with van der Waals surface area (Å²) in [6.07, 6.45) is -0.504. The van der Waals surface area contributed by atoms with Gasteiger partial charge in [0.15, 0.2) is 0 Å². The summed E-state index contributed by atoms with van der Waals surface area (Å²) >= 11 is 0. The Balaban J connectivity index is 3.85. The van der Waals surface area contributed by atoms with E-state index in [-0.39, 0.29) is 6.42 Å². The van der Waals surface area contributed by atoms with Crippen molar-refractivity contribution in [3.05, 3.63) is 0 Å². The second-order valence-electron chi connectivity index (χ2n) is 1.74. The van der Waals surface area contributed by atoms with Gasteiger partial charge < -0.3 is 9.90 Å². The number of carboxylic acids is 1. The van der Waals surface area contributed by atoms with Crippen molar-refractivity contribution in [2.45, 2.75) is 25.7 Å². The normalized spacial score (nSPS) is 11.4. The van der Waals surface area contributed by atoms with Crippen LogP contribution in [0.2, 0.25) is 0 Å². The monoisotopic (exact) mass is 137 g/mol. The lowest BCUT2D eigenvalue weighted by Crippen LogP contribution is -2.41. The van der Waals surface area contributed by atoms with Crippen molar-refractivity contribution in [3.8, 4) is 0 Å². The first kappa shape index (κ1) is 8.33. The summed E-state index contributed by atoms with van der Waals surface area (Å²) in [6.45, 7) is 1.48. The van der Waals surface area contributed by atoms with Gasteiger partial charge in [0.05, 0.1) is 0 Å². The molecule has 0 unspecified atom stereocenters. The fourth-order valence-electron chi connectivity index (χ4n) is 0.416. The first-order chi connectivity index (χ1) is 4.00. The molecule has 0 saturated heterocycles. The number of carbonyl (C=O) groups excluding carboxylic acids is 1. The van der Waals surface area contributed by atoms with Crippen LogP contribution < -0.4 is 5.11 Å². The van der Waals surface area contributed by atoms with E-state index >= 15 is 0 Å². The molecule has 0 radical (unpaired) electrons. The molecule has 0 fully saturated rings. The van der Waals surface area contributed by atoms with Crippen LogP contribution in [0.1, 0.15) is 19.8 Å². The largest absolute Gasteiger partial charge is 0.544 e. The van der Waals surface area contributed by atoms with Gasteiger partial charge in [0.1, 0.15) is 5.97 Å². The molecule has 2 nitrogen and oxygen atoms in total. The molecule has 0 aromatic rings. The summed E-state index contributed by atoms with van der Waals surface area (Å²) in [4.78, 5) is 9.55. The van der Waals surface area contributed by atoms with Crippen LogP contribution in [0.5, 0.6) is 0 Å². The predicted octanol–water partition coefficient (Wildman–Crippen LogP) is 0.172. The smallest absolute Gasteiger partial charge is 0.287 e. The number of carboxylic acid groups (broad SMARTS) is 1. The van der Waals surface area contributed by atoms with E-state index in [4.69, 9.17) is 0 Å². The summed E-state index contributed by atoms with van der Waals surface area (Å²) in [7, 11) is 0. The van der Waals surface area contributed by atoms with Gasteiger partial charge in [-0.1, -0.05) is 13.3 Å². The van der Waals surface area contributed by atoms with Crippen LogP contribution >= 0.6 is 0 Å². The summed E-state index contributed by atoms with van der Waals surface area (Å²) < 4.78 is 23.8. The van der Waals surface area contributed by atoms with Crippen molar-refractivity contribution in [1.29, 1.82) is 0 Å². The molecule has 0 saturated carbocycles. The molecule has 0 aliphatic rings. The molecule has 0 aliphatic carbocycles. The molecule has 0 aromatic heterocycles. The van der Waals surface area contributed by atoms with Gasteiger partial charge in [-0.05, 0) is 0 Å². The molecular weight excluding hydrogens is 130 g/mol. The molecular formula is C5H7F2O2-. The summed E-state index contributed by atoms with van der Waals surface area (Å²) in [5.41, 5.74) is 0. The van der Waals surface area contributed by atoms with E-state index in [1.54, 1.807) is 0 Å². The van der Waals surface area contributed by atoms with Gasteiger partial charge in [0.25, 0.3) is 5.92 Å². The van der Waals surface area contributed by atoms with Crippen LogP contribution in [0.15, 0.2) is 0 Å². The first-order valence-corrected chi connectivity index (χ1v) is 2.60. The third kappa shape index (κ3) is 2.39. The minimum absolute atomic E-state index is 0.140. The molecule has 0 aromatic carbocycles. The lowest BCUT2D eigenvalue weighted by molar-refractivity contribution is -0.329. The molecule has 0 atom stereocenters. The van der Waals surface area contributed by atoms with Crippen molar-refractivity contribution in [2.75, 3.05) is 0 Å². The lowest BCUT2D eigenvalue weighted by Gasteiger charge is -2.14. The summed E-state index contributed by atoms with van der Waals surface area (Å²) in [5.74, 6) is -5.93. The Bertz CT molecular complexity index is 112. The van der Waals surface area contributed by atoms with E-state index < -0.39 is 18.3 Å². The van der Waals surface area contributed by atoms with Crippen molar-refractivity contribution in [1.82, 2.24) is 0 Å². The fourth-order valence-corrected chi connectivity index (χ4v) is 0.416. The zero-order chi connectivity index (χ0) is 7.49. The second-order valence-corrected chi connectivity index (χ2v) is 1.74. The van der Waals surface area contributed by atoms with Gasteiger partial charge in [-0.25, -0.2) is 8.78 Å². The van der Waals surface area contributed by atoms with E-state index in [9.17, 15) is 18.7 Å². The van der Waals surface area contributed by atoms with Gasteiger partial charge in [-0.15, -0.1) is 0 Å². The Hall–Kier alpha value is -0.670. The SMILES string of the molecule is CCCC(F)(F)C(=O)[O-]. The first-order valence-electron chi connectivity index (χ1n) is 2.60. The Morgan fingerprint density at radius 1 is 1.67 bits per heavy atom. The van der Waals surface area contributed by atoms with E-state index in [0.717, 1.165) is 0 Å². The van der Waals surface area contributed by atoms with Crippen LogP contribution in [0.4, 0.5) is 8.78 Å². The average Bonchev–Trinajstić information content (AvgIpc) is 1.65. The highest BCUT2D eigenvalue weighted by atomic mass is 19.3. The van der Waals surface area contributed by atoms with Gasteiger partial charge in [0, 0.05) is 6.42 Å². The van der Waals surface area contributed by atoms with E-state index in [1.165, 1.54) is 6.92 Å². The fraction of sp³-hybridized carbons (Fsp3) is 0.800. The molecule has 0 N–H and O–H groups in total. The van der Waals surface area contributed by atoms with Gasteiger partial charge in [0.2, 0.25) is 0 Å². The van der Waals surface area contributed by atoms with Crippen molar-refractivity contribution in [2.24, 2.45) is 0 Å². The second kappa shape index (κ2) is 2.75. The minimum Gasteiger partial charge on any atom is -0.544 e. The van der Waals surface area contributed by atoms with Crippen LogP contribution in [0, 0.1) is 0 Å². The maximum absolute atomic E-state index is 11.9. The summed E-state index contributed by atoms with van der Waals surface area (Å²) in [5, 5.41) is 9.55. The van der Waals surface area contributed by atoms with Gasteiger partial charge >= 0.3 is 0 Å². The molecule has 9 heavy (non-hydrogen) atoms. The third-order valence-corrected chi connectivity index (χ3v) is 0.863. The summed E-state index contributed by atoms with van der Waals surface area (Å²) in [6, 6.07) is 0. The third-order valence-electron chi connectivity index (χ3n) is 0.863. The van der Waals surface area contributed by atoms with Crippen molar-refractivity contribution >= 4 is 5.97 Å². The van der Waals surface area contributed by atoms with Crippen molar-refractivity contribution < 1.29 is 18.7 Å². The molecule has 54 valence electrons. The van der Waals surface area contributed by atoms with E-state index in [2.05, 4.69) is 0 Å². The number of carbonyl (C=O) groups is 1. The highest BCUT2D eigenvalue weighted by Gasteiger charge is 2.28. The molecule has 0 rings (SSSR count). The molecule has 0 spiro atoms. The Morgan fingerprint density at radius 2 is 2.11 bits per heavy atom. The maximum Gasteiger partial charge on any atom is 0.287 e. The van der Waals surface area contributed by atoms with E-state index in [0.29, 0.717) is 0 Å². The van der Waals surface area contributed by atoms with Crippen LogP contribution in [0.3, 0.4) is 0 Å². The minimum atomic E-state index is -3.64. The van der Waals surface area contributed by atoms with Crippen LogP contribution in [0.25, 0.3) is 0 Å². The number of rotatable bonds is 3. The molecule has 0 bridgehead atoms. The Kier molecular flexibility index (Phi) is 2.55. The topological polar surface area (TPSA) is 40.1 Å². The van der Waals surface area contributed by atoms with Gasteiger partial charge in [-0.3, -0.25) is 0 Å². The number of hydrogen-bond acceptors (Lipinski definition) is 2. The van der Waals surface area contributed by atoms with Crippen molar-refractivity contribution in [3.63, 3.8) is 0 Å².